The Morgan fingerprint density at radius 3 is 2.48 bits per heavy atom. The third kappa shape index (κ3) is 3.84. The monoisotopic (exact) mass is 329 g/mol. The average Bonchev–Trinajstić information content (AvgIpc) is 2.37. The van der Waals surface area contributed by atoms with Gasteiger partial charge in [-0.05, 0) is 13.5 Å². The first kappa shape index (κ1) is 17.7. The number of alkyl halides is 3. The summed E-state index contributed by atoms with van der Waals surface area (Å²) in [4.78, 5) is 35.0. The number of carboxylic acid groups (broad SMARTS) is 1. The lowest BCUT2D eigenvalue weighted by atomic mass is 9.81. The van der Waals surface area contributed by atoms with Gasteiger partial charge in [-0.25, -0.2) is 4.79 Å². The van der Waals surface area contributed by atoms with Crippen molar-refractivity contribution >= 4 is 24.5 Å². The molecule has 21 heavy (non-hydrogen) atoms. The zero-order valence-corrected chi connectivity index (χ0v) is 11.8. The lowest BCUT2D eigenvalue weighted by Crippen LogP contribution is -2.62. The molecule has 1 rings (SSSR count). The van der Waals surface area contributed by atoms with E-state index in [-0.39, 0.29) is 19.4 Å². The molecule has 0 saturated carbocycles. The zero-order chi connectivity index (χ0) is 16.4. The molecule has 1 heterocycles. The Morgan fingerprint density at radius 2 is 2.10 bits per heavy atom. The molecule has 3 atom stereocenters. The molecular formula is C10H14F3N3O4S. The number of likely N-dealkylation sites (tertiary alicyclic amines) is 1. The topological polar surface area (TPSA) is 99.1 Å². The Bertz CT molecular complexity index is 448. The molecule has 2 N–H and O–H groups in total. The summed E-state index contributed by atoms with van der Waals surface area (Å²) < 4.78 is 36.8. The van der Waals surface area contributed by atoms with Crippen molar-refractivity contribution in [2.24, 2.45) is 5.18 Å². The van der Waals surface area contributed by atoms with Gasteiger partial charge in [0.1, 0.15) is 5.54 Å². The van der Waals surface area contributed by atoms with Crippen molar-refractivity contribution in [3.05, 3.63) is 4.91 Å². The van der Waals surface area contributed by atoms with E-state index in [4.69, 9.17) is 5.11 Å². The van der Waals surface area contributed by atoms with Crippen LogP contribution in [0.15, 0.2) is 5.18 Å². The van der Waals surface area contributed by atoms with Crippen LogP contribution in [0.1, 0.15) is 12.8 Å². The smallest absolute Gasteiger partial charge is 0.471 e. The van der Waals surface area contributed by atoms with Gasteiger partial charge in [0.25, 0.3) is 0 Å². The summed E-state index contributed by atoms with van der Waals surface area (Å²) in [7, 11) is 1.66. The molecular weight excluding hydrogens is 315 g/mol. The van der Waals surface area contributed by atoms with Crippen molar-refractivity contribution in [3.8, 4) is 0 Å². The van der Waals surface area contributed by atoms with Crippen molar-refractivity contribution in [2.75, 3.05) is 13.6 Å². The minimum absolute atomic E-state index is 0.0981. The highest BCUT2D eigenvalue weighted by Crippen LogP contribution is 2.34. The van der Waals surface area contributed by atoms with Gasteiger partial charge in [-0.1, -0.05) is 5.18 Å². The van der Waals surface area contributed by atoms with E-state index in [2.05, 4.69) is 17.8 Å². The van der Waals surface area contributed by atoms with Crippen LogP contribution in [-0.2, 0) is 9.59 Å². The Hall–Kier alpha value is -1.36. The minimum Gasteiger partial charge on any atom is -0.480 e. The van der Waals surface area contributed by atoms with E-state index in [1.54, 1.807) is 11.9 Å². The number of piperidine rings is 1. The SMILES string of the molecule is CN1CCC(N=O)(C(NC(=O)C(F)(F)F)C(=O)O)CC1S. The number of amides is 1. The predicted molar refractivity (Wildman–Crippen MR) is 68.8 cm³/mol. The summed E-state index contributed by atoms with van der Waals surface area (Å²) in [5.74, 6) is -4.18. The molecule has 0 aromatic heterocycles. The Kier molecular flexibility index (Phi) is 5.20. The van der Waals surface area contributed by atoms with E-state index in [1.165, 1.54) is 5.32 Å². The lowest BCUT2D eigenvalue weighted by Gasteiger charge is -2.42. The molecule has 0 radical (unpaired) electrons. The second-order valence-electron chi connectivity index (χ2n) is 4.85. The first-order chi connectivity index (χ1) is 9.53. The van der Waals surface area contributed by atoms with Crippen molar-refractivity contribution in [1.82, 2.24) is 10.2 Å². The van der Waals surface area contributed by atoms with Crippen molar-refractivity contribution < 1.29 is 27.9 Å². The normalized spacial score (nSPS) is 28.7. The van der Waals surface area contributed by atoms with Gasteiger partial charge in [-0.15, -0.1) is 0 Å². The van der Waals surface area contributed by atoms with Crippen molar-refractivity contribution in [1.29, 1.82) is 0 Å². The van der Waals surface area contributed by atoms with Crippen LogP contribution in [0.25, 0.3) is 0 Å². The maximum atomic E-state index is 12.3. The standard InChI is InChI=1S/C10H14F3N3O4S/c1-16-3-2-9(15-20,4-5(16)21)6(7(17)18)14-8(19)10(11,12)13/h5-6,21H,2-4H2,1H3,(H,14,19)(H,17,18). The second kappa shape index (κ2) is 6.18. The molecule has 3 unspecified atom stereocenters. The summed E-state index contributed by atoms with van der Waals surface area (Å²) >= 11 is 4.13. The molecule has 1 amide bonds. The molecule has 1 fully saturated rings. The van der Waals surface area contributed by atoms with Gasteiger partial charge in [0.2, 0.25) is 0 Å². The zero-order valence-electron chi connectivity index (χ0n) is 10.9. The molecule has 1 aliphatic heterocycles. The second-order valence-corrected chi connectivity index (χ2v) is 5.45. The first-order valence-corrected chi connectivity index (χ1v) is 6.38. The predicted octanol–water partition coefficient (Wildman–Crippen LogP) is 0.605. The van der Waals surface area contributed by atoms with Crippen LogP contribution in [0.3, 0.4) is 0 Å². The van der Waals surface area contributed by atoms with Gasteiger partial charge in [-0.2, -0.15) is 30.7 Å². The number of thiol groups is 1. The molecule has 0 aliphatic carbocycles. The number of nitrogens with one attached hydrogen (secondary N) is 1. The van der Waals surface area contributed by atoms with Crippen LogP contribution in [0, 0.1) is 4.91 Å². The molecule has 0 aromatic rings. The van der Waals surface area contributed by atoms with Crippen LogP contribution < -0.4 is 5.32 Å². The Balaban J connectivity index is 3.05. The fourth-order valence-corrected chi connectivity index (χ4v) is 2.56. The van der Waals surface area contributed by atoms with Gasteiger partial charge in [0.05, 0.1) is 5.37 Å². The fraction of sp³-hybridized carbons (Fsp3) is 0.800. The van der Waals surface area contributed by atoms with Gasteiger partial charge < -0.3 is 10.4 Å². The maximum absolute atomic E-state index is 12.3. The number of carboxylic acids is 1. The quantitative estimate of drug-likeness (QED) is 0.518. The summed E-state index contributed by atoms with van der Waals surface area (Å²) in [5.41, 5.74) is -1.87. The number of nitroso groups, excluding NO2 is 1. The number of carbonyl (C=O) groups excluding carboxylic acids is 1. The number of carbonyl (C=O) groups is 2. The minimum atomic E-state index is -5.25. The maximum Gasteiger partial charge on any atom is 0.471 e. The van der Waals surface area contributed by atoms with E-state index >= 15 is 0 Å². The Morgan fingerprint density at radius 1 is 1.52 bits per heavy atom. The highest BCUT2D eigenvalue weighted by atomic mass is 32.1. The number of hydrogen-bond donors (Lipinski definition) is 3. The highest BCUT2D eigenvalue weighted by molar-refractivity contribution is 7.80. The summed E-state index contributed by atoms with van der Waals surface area (Å²) in [6, 6.07) is -2.06. The van der Waals surface area contributed by atoms with E-state index < -0.39 is 35.0 Å². The first-order valence-electron chi connectivity index (χ1n) is 5.87. The van der Waals surface area contributed by atoms with Crippen molar-refractivity contribution in [3.63, 3.8) is 0 Å². The number of halogens is 3. The number of rotatable bonds is 4. The van der Waals surface area contributed by atoms with Crippen LogP contribution in [-0.4, -0.2) is 58.6 Å². The average molecular weight is 329 g/mol. The number of nitrogens with zero attached hydrogens (tertiary/aromatic N) is 2. The molecule has 0 bridgehead atoms. The van der Waals surface area contributed by atoms with E-state index in [0.717, 1.165) is 0 Å². The number of aliphatic carboxylic acids is 1. The van der Waals surface area contributed by atoms with Gasteiger partial charge in [0.15, 0.2) is 6.04 Å². The molecule has 1 aliphatic rings. The van der Waals surface area contributed by atoms with Crippen LogP contribution in [0.2, 0.25) is 0 Å². The number of hydrogen-bond acceptors (Lipinski definition) is 6. The largest absolute Gasteiger partial charge is 0.480 e. The van der Waals surface area contributed by atoms with E-state index in [0.29, 0.717) is 0 Å². The Labute approximate surface area is 123 Å². The summed E-state index contributed by atoms with van der Waals surface area (Å²) in [6.45, 7) is 0.214. The van der Waals surface area contributed by atoms with Crippen LogP contribution >= 0.6 is 12.6 Å². The third-order valence-electron chi connectivity index (χ3n) is 3.44. The third-order valence-corrected chi connectivity index (χ3v) is 4.02. The molecule has 11 heteroatoms. The summed E-state index contributed by atoms with van der Waals surface area (Å²) in [5, 5.41) is 12.6. The highest BCUT2D eigenvalue weighted by Gasteiger charge is 2.52. The molecule has 120 valence electrons. The van der Waals surface area contributed by atoms with Gasteiger partial charge in [0, 0.05) is 13.0 Å². The van der Waals surface area contributed by atoms with Crippen LogP contribution in [0.4, 0.5) is 13.2 Å². The summed E-state index contributed by atoms with van der Waals surface area (Å²) in [6.07, 6.45) is -5.53. The molecule has 0 aromatic carbocycles. The van der Waals surface area contributed by atoms with Crippen molar-refractivity contribution in [2.45, 2.75) is 36.0 Å². The lowest BCUT2D eigenvalue weighted by molar-refractivity contribution is -0.176. The van der Waals surface area contributed by atoms with Gasteiger partial charge >= 0.3 is 18.1 Å². The molecule has 7 nitrogen and oxygen atoms in total. The van der Waals surface area contributed by atoms with E-state index in [9.17, 15) is 27.7 Å². The molecule has 0 spiro atoms. The molecule has 1 saturated heterocycles. The fourth-order valence-electron chi connectivity index (χ4n) is 2.13. The van der Waals surface area contributed by atoms with Crippen LogP contribution in [0.5, 0.6) is 0 Å². The van der Waals surface area contributed by atoms with Gasteiger partial charge in [-0.3, -0.25) is 9.69 Å². The van der Waals surface area contributed by atoms with E-state index in [1.807, 2.05) is 0 Å².